The highest BCUT2D eigenvalue weighted by atomic mass is 15.0. The Morgan fingerprint density at radius 1 is 1.15 bits per heavy atom. The zero-order valence-electron chi connectivity index (χ0n) is 14.5. The molecular formula is C21H19N5. The van der Waals surface area contributed by atoms with Gasteiger partial charge in [0.1, 0.15) is 5.82 Å². The highest BCUT2D eigenvalue weighted by Gasteiger charge is 2.10. The lowest BCUT2D eigenvalue weighted by molar-refractivity contribution is 1.15. The van der Waals surface area contributed by atoms with Crippen molar-refractivity contribution in [3.63, 3.8) is 0 Å². The third kappa shape index (κ3) is 3.70. The van der Waals surface area contributed by atoms with Gasteiger partial charge in [0.25, 0.3) is 0 Å². The molecule has 0 spiro atoms. The number of nitrogens with one attached hydrogen (secondary N) is 1. The zero-order valence-corrected chi connectivity index (χ0v) is 14.5. The number of anilines is 2. The minimum Gasteiger partial charge on any atom is -0.405 e. The maximum atomic E-state index is 8.94. The predicted octanol–water partition coefficient (Wildman–Crippen LogP) is 4.51. The maximum absolute atomic E-state index is 8.94. The topological polar surface area (TPSA) is 87.6 Å². The molecule has 0 aliphatic rings. The molecule has 5 nitrogen and oxygen atoms in total. The van der Waals surface area contributed by atoms with Crippen LogP contribution in [0.4, 0.5) is 11.5 Å². The molecule has 3 aromatic rings. The van der Waals surface area contributed by atoms with Crippen LogP contribution in [0.25, 0.3) is 16.5 Å². The number of para-hydroxylation sites is 1. The van der Waals surface area contributed by atoms with Crippen LogP contribution < -0.4 is 11.1 Å². The van der Waals surface area contributed by atoms with Crippen molar-refractivity contribution in [2.45, 2.75) is 13.3 Å². The van der Waals surface area contributed by atoms with Crippen molar-refractivity contribution in [2.24, 2.45) is 5.73 Å². The van der Waals surface area contributed by atoms with E-state index in [2.05, 4.69) is 23.3 Å². The van der Waals surface area contributed by atoms with Gasteiger partial charge in [-0.1, -0.05) is 25.1 Å². The quantitative estimate of drug-likeness (QED) is 0.667. The number of hydrogen-bond donors (Lipinski definition) is 2. The highest BCUT2D eigenvalue weighted by molar-refractivity contribution is 5.92. The van der Waals surface area contributed by atoms with Crippen LogP contribution in [0.5, 0.6) is 0 Å². The van der Waals surface area contributed by atoms with Crippen molar-refractivity contribution in [1.29, 1.82) is 5.26 Å². The van der Waals surface area contributed by atoms with E-state index in [0.717, 1.165) is 28.6 Å². The number of fused-ring (bicyclic) bond motifs is 1. The van der Waals surface area contributed by atoms with E-state index in [1.807, 2.05) is 42.5 Å². The summed E-state index contributed by atoms with van der Waals surface area (Å²) in [4.78, 5) is 9.39. The molecule has 3 rings (SSSR count). The van der Waals surface area contributed by atoms with Crippen molar-refractivity contribution in [2.75, 3.05) is 5.32 Å². The lowest BCUT2D eigenvalue weighted by atomic mass is 10.1. The van der Waals surface area contributed by atoms with Gasteiger partial charge in [-0.05, 0) is 55.1 Å². The van der Waals surface area contributed by atoms with E-state index in [-0.39, 0.29) is 0 Å². The van der Waals surface area contributed by atoms with E-state index in [4.69, 9.17) is 16.0 Å². The molecule has 0 fully saturated rings. The summed E-state index contributed by atoms with van der Waals surface area (Å²) in [7, 11) is 0. The molecule has 0 unspecified atom stereocenters. The van der Waals surface area contributed by atoms with Crippen molar-refractivity contribution in [1.82, 2.24) is 9.97 Å². The largest absolute Gasteiger partial charge is 0.405 e. The second kappa shape index (κ2) is 7.95. The number of hydrogen-bond acceptors (Lipinski definition) is 5. The van der Waals surface area contributed by atoms with Crippen LogP contribution in [0.1, 0.15) is 24.7 Å². The lowest BCUT2D eigenvalue weighted by Gasteiger charge is -2.11. The summed E-state index contributed by atoms with van der Waals surface area (Å²) in [6.07, 6.45) is 6.19. The van der Waals surface area contributed by atoms with Crippen molar-refractivity contribution in [3.8, 4) is 6.07 Å². The van der Waals surface area contributed by atoms with E-state index < -0.39 is 0 Å². The average Bonchev–Trinajstić information content (AvgIpc) is 2.68. The van der Waals surface area contributed by atoms with Crippen LogP contribution in [0.15, 0.2) is 66.9 Å². The first kappa shape index (κ1) is 17.2. The van der Waals surface area contributed by atoms with Gasteiger partial charge in [0.15, 0.2) is 5.82 Å². The van der Waals surface area contributed by atoms with E-state index in [1.54, 1.807) is 18.2 Å². The molecule has 0 saturated carbocycles. The summed E-state index contributed by atoms with van der Waals surface area (Å²) in [6, 6.07) is 17.2. The molecule has 128 valence electrons. The van der Waals surface area contributed by atoms with Gasteiger partial charge in [-0.15, -0.1) is 0 Å². The van der Waals surface area contributed by atoms with Crippen LogP contribution in [0.3, 0.4) is 0 Å². The number of rotatable bonds is 5. The summed E-state index contributed by atoms with van der Waals surface area (Å²) >= 11 is 0. The number of benzene rings is 2. The minimum absolute atomic E-state index is 0.614. The van der Waals surface area contributed by atoms with Crippen molar-refractivity contribution in [3.05, 3.63) is 78.3 Å². The molecule has 26 heavy (non-hydrogen) atoms. The summed E-state index contributed by atoms with van der Waals surface area (Å²) < 4.78 is 0. The molecule has 0 aliphatic carbocycles. The smallest absolute Gasteiger partial charge is 0.161 e. The Hall–Kier alpha value is -3.65. The van der Waals surface area contributed by atoms with Crippen molar-refractivity contribution < 1.29 is 0 Å². The third-order valence-electron chi connectivity index (χ3n) is 3.84. The summed E-state index contributed by atoms with van der Waals surface area (Å²) in [5, 5.41) is 13.2. The summed E-state index contributed by atoms with van der Waals surface area (Å²) in [5.41, 5.74) is 8.78. The van der Waals surface area contributed by atoms with Gasteiger partial charge in [0.2, 0.25) is 0 Å². The molecule has 1 heterocycles. The molecule has 2 aromatic carbocycles. The first-order valence-electron chi connectivity index (χ1n) is 8.38. The molecular weight excluding hydrogens is 322 g/mol. The van der Waals surface area contributed by atoms with Crippen LogP contribution in [-0.2, 0) is 0 Å². The molecule has 0 atom stereocenters. The van der Waals surface area contributed by atoms with Gasteiger partial charge in [-0.3, -0.25) is 0 Å². The summed E-state index contributed by atoms with van der Waals surface area (Å²) in [5.74, 6) is 1.33. The predicted molar refractivity (Wildman–Crippen MR) is 106 cm³/mol. The first-order chi connectivity index (χ1) is 12.7. The SMILES string of the molecule is CC/C=C(\C=C/N)c1nc(Nc2ccc(C#N)cc2)c2ccccc2n1. The van der Waals surface area contributed by atoms with Gasteiger partial charge >= 0.3 is 0 Å². The second-order valence-corrected chi connectivity index (χ2v) is 5.65. The van der Waals surface area contributed by atoms with Gasteiger partial charge in [0, 0.05) is 16.6 Å². The normalized spacial score (nSPS) is 11.6. The van der Waals surface area contributed by atoms with E-state index in [0.29, 0.717) is 17.2 Å². The standard InChI is InChI=1S/C21H19N5/c1-2-5-16(12-13-22)20-25-19-7-4-3-6-18(19)21(26-20)24-17-10-8-15(14-23)9-11-17/h3-13H,2,22H2,1H3,(H,24,25,26)/b13-12-,16-5+. The fourth-order valence-electron chi connectivity index (χ4n) is 2.62. The van der Waals surface area contributed by atoms with E-state index >= 15 is 0 Å². The average molecular weight is 341 g/mol. The molecule has 0 bridgehead atoms. The Morgan fingerprint density at radius 3 is 2.62 bits per heavy atom. The van der Waals surface area contributed by atoms with Gasteiger partial charge in [-0.2, -0.15) is 5.26 Å². The fraction of sp³-hybridized carbons (Fsp3) is 0.0952. The number of allylic oxidation sites excluding steroid dienone is 3. The molecule has 0 radical (unpaired) electrons. The second-order valence-electron chi connectivity index (χ2n) is 5.65. The fourth-order valence-corrected chi connectivity index (χ4v) is 2.62. The van der Waals surface area contributed by atoms with Gasteiger partial charge in [-0.25, -0.2) is 9.97 Å². The Labute approximate surface area is 152 Å². The van der Waals surface area contributed by atoms with E-state index in [1.165, 1.54) is 6.20 Å². The molecule has 5 heteroatoms. The van der Waals surface area contributed by atoms with Gasteiger partial charge in [0.05, 0.1) is 17.1 Å². The van der Waals surface area contributed by atoms with Gasteiger partial charge < -0.3 is 11.1 Å². The molecule has 1 aromatic heterocycles. The zero-order chi connectivity index (χ0) is 18.4. The van der Waals surface area contributed by atoms with Crippen molar-refractivity contribution >= 4 is 28.0 Å². The number of nitriles is 1. The van der Waals surface area contributed by atoms with Crippen LogP contribution in [0, 0.1) is 11.3 Å². The monoisotopic (exact) mass is 341 g/mol. The Kier molecular flexibility index (Phi) is 5.25. The number of aromatic nitrogens is 2. The lowest BCUT2D eigenvalue weighted by Crippen LogP contribution is -2.01. The summed E-state index contributed by atoms with van der Waals surface area (Å²) in [6.45, 7) is 2.06. The minimum atomic E-state index is 0.614. The van der Waals surface area contributed by atoms with Crippen LogP contribution in [0.2, 0.25) is 0 Å². The van der Waals surface area contributed by atoms with Crippen LogP contribution in [-0.4, -0.2) is 9.97 Å². The maximum Gasteiger partial charge on any atom is 0.161 e. The molecule has 3 N–H and O–H groups in total. The molecule has 0 saturated heterocycles. The third-order valence-corrected chi connectivity index (χ3v) is 3.84. The Morgan fingerprint density at radius 2 is 1.92 bits per heavy atom. The Bertz CT molecular complexity index is 1010. The first-order valence-corrected chi connectivity index (χ1v) is 8.38. The van der Waals surface area contributed by atoms with E-state index in [9.17, 15) is 0 Å². The molecule has 0 aliphatic heterocycles. The molecule has 0 amide bonds. The number of nitrogens with zero attached hydrogens (tertiary/aromatic N) is 3. The number of nitrogens with two attached hydrogens (primary N) is 1. The highest BCUT2D eigenvalue weighted by Crippen LogP contribution is 2.26. The van der Waals surface area contributed by atoms with Crippen LogP contribution >= 0.6 is 0 Å². The Balaban J connectivity index is 2.10.